The van der Waals surface area contributed by atoms with Gasteiger partial charge in [-0.15, -0.1) is 0 Å². The number of rotatable bonds is 6. The van der Waals surface area contributed by atoms with Gasteiger partial charge in [-0.1, -0.05) is 0 Å². The maximum Gasteiger partial charge on any atom is 0.254 e. The second kappa shape index (κ2) is 6.17. The lowest BCUT2D eigenvalue weighted by Crippen LogP contribution is -2.25. The summed E-state index contributed by atoms with van der Waals surface area (Å²) in [5.74, 6) is -0.0728. The smallest absolute Gasteiger partial charge is 0.254 e. The van der Waals surface area contributed by atoms with Crippen molar-refractivity contribution >= 4 is 5.91 Å². The summed E-state index contributed by atoms with van der Waals surface area (Å²) in [6.45, 7) is 6.16. The summed E-state index contributed by atoms with van der Waals surface area (Å²) in [5, 5.41) is 11.2. The van der Waals surface area contributed by atoms with E-state index in [2.05, 4.69) is 15.5 Å². The molecule has 0 aromatic carbocycles. The molecule has 0 aliphatic heterocycles. The first kappa shape index (κ1) is 13.3. The third-order valence-corrected chi connectivity index (χ3v) is 2.84. The molecule has 2 aromatic rings. The van der Waals surface area contributed by atoms with Crippen molar-refractivity contribution in [3.05, 3.63) is 35.9 Å². The summed E-state index contributed by atoms with van der Waals surface area (Å²) in [6.07, 6.45) is 6.15. The predicted molar refractivity (Wildman–Crippen MR) is 71.8 cm³/mol. The molecule has 6 heteroatoms. The van der Waals surface area contributed by atoms with Gasteiger partial charge in [-0.3, -0.25) is 14.2 Å². The lowest BCUT2D eigenvalue weighted by molar-refractivity contribution is 0.0952. The summed E-state index contributed by atoms with van der Waals surface area (Å²) in [7, 11) is 0. The molecule has 2 rings (SSSR count). The zero-order valence-electron chi connectivity index (χ0n) is 11.3. The van der Waals surface area contributed by atoms with Crippen LogP contribution in [0, 0.1) is 6.92 Å². The number of amides is 1. The molecule has 0 unspecified atom stereocenters. The quantitative estimate of drug-likeness (QED) is 0.795. The lowest BCUT2D eigenvalue weighted by Gasteiger charge is -2.04. The van der Waals surface area contributed by atoms with Gasteiger partial charge in [0, 0.05) is 32.0 Å². The first-order chi connectivity index (χ1) is 9.19. The Morgan fingerprint density at radius 2 is 2.26 bits per heavy atom. The third-order valence-electron chi connectivity index (χ3n) is 2.84. The van der Waals surface area contributed by atoms with E-state index in [1.165, 1.54) is 0 Å². The van der Waals surface area contributed by atoms with E-state index in [1.54, 1.807) is 17.1 Å². The highest BCUT2D eigenvalue weighted by Crippen LogP contribution is 1.98. The van der Waals surface area contributed by atoms with E-state index in [4.69, 9.17) is 0 Å². The number of aryl methyl sites for hydroxylation is 3. The van der Waals surface area contributed by atoms with Gasteiger partial charge >= 0.3 is 0 Å². The van der Waals surface area contributed by atoms with Crippen LogP contribution in [0.15, 0.2) is 24.7 Å². The number of hydrogen-bond donors (Lipinski definition) is 1. The van der Waals surface area contributed by atoms with Crippen LogP contribution in [0.1, 0.15) is 29.4 Å². The van der Waals surface area contributed by atoms with Gasteiger partial charge in [0.1, 0.15) is 0 Å². The number of aromatic nitrogens is 4. The van der Waals surface area contributed by atoms with E-state index in [-0.39, 0.29) is 5.91 Å². The van der Waals surface area contributed by atoms with Crippen LogP contribution in [-0.4, -0.2) is 32.0 Å². The fraction of sp³-hybridized carbons (Fsp3) is 0.462. The molecule has 102 valence electrons. The minimum Gasteiger partial charge on any atom is -0.352 e. The van der Waals surface area contributed by atoms with Crippen LogP contribution in [0.5, 0.6) is 0 Å². The van der Waals surface area contributed by atoms with Gasteiger partial charge in [0.25, 0.3) is 5.91 Å². The Morgan fingerprint density at radius 1 is 1.42 bits per heavy atom. The Morgan fingerprint density at radius 3 is 2.89 bits per heavy atom. The van der Waals surface area contributed by atoms with E-state index >= 15 is 0 Å². The van der Waals surface area contributed by atoms with Crippen LogP contribution in [0.3, 0.4) is 0 Å². The molecule has 0 fully saturated rings. The molecule has 0 radical (unpaired) electrons. The molecule has 2 heterocycles. The van der Waals surface area contributed by atoms with Crippen molar-refractivity contribution < 1.29 is 4.79 Å². The highest BCUT2D eigenvalue weighted by atomic mass is 16.1. The summed E-state index contributed by atoms with van der Waals surface area (Å²) in [5.41, 5.74) is 1.62. The van der Waals surface area contributed by atoms with E-state index in [0.717, 1.165) is 25.2 Å². The highest BCUT2D eigenvalue weighted by molar-refractivity contribution is 5.93. The van der Waals surface area contributed by atoms with Crippen molar-refractivity contribution in [1.82, 2.24) is 24.9 Å². The number of hydrogen-bond acceptors (Lipinski definition) is 3. The van der Waals surface area contributed by atoms with E-state index in [1.807, 2.05) is 30.8 Å². The van der Waals surface area contributed by atoms with Crippen LogP contribution >= 0.6 is 0 Å². The number of nitrogens with zero attached hydrogens (tertiary/aromatic N) is 4. The largest absolute Gasteiger partial charge is 0.352 e. The van der Waals surface area contributed by atoms with Gasteiger partial charge in [-0.2, -0.15) is 10.2 Å². The van der Waals surface area contributed by atoms with Crippen molar-refractivity contribution in [2.45, 2.75) is 33.4 Å². The highest BCUT2D eigenvalue weighted by Gasteiger charge is 2.07. The topological polar surface area (TPSA) is 64.7 Å². The first-order valence-corrected chi connectivity index (χ1v) is 6.49. The molecule has 0 spiro atoms. The minimum atomic E-state index is -0.0728. The Hall–Kier alpha value is -2.11. The predicted octanol–water partition coefficient (Wildman–Crippen LogP) is 1.23. The van der Waals surface area contributed by atoms with Crippen LogP contribution in [0.4, 0.5) is 0 Å². The molecule has 6 nitrogen and oxygen atoms in total. The number of carbonyl (C=O) groups excluding carboxylic acids is 1. The molecule has 0 aliphatic carbocycles. The zero-order valence-corrected chi connectivity index (χ0v) is 11.3. The van der Waals surface area contributed by atoms with Crippen molar-refractivity contribution in [2.24, 2.45) is 0 Å². The summed E-state index contributed by atoms with van der Waals surface area (Å²) in [4.78, 5) is 11.8. The van der Waals surface area contributed by atoms with Crippen molar-refractivity contribution in [2.75, 3.05) is 6.54 Å². The Bertz CT molecular complexity index is 543. The third kappa shape index (κ3) is 3.67. The normalized spacial score (nSPS) is 10.6. The average Bonchev–Trinajstić information content (AvgIpc) is 3.03. The molecular weight excluding hydrogens is 242 g/mol. The Balaban J connectivity index is 1.72. The molecule has 19 heavy (non-hydrogen) atoms. The van der Waals surface area contributed by atoms with Gasteiger partial charge in [-0.05, 0) is 26.3 Å². The van der Waals surface area contributed by atoms with Gasteiger partial charge in [0.2, 0.25) is 0 Å². The fourth-order valence-corrected chi connectivity index (χ4v) is 1.79. The fourth-order valence-electron chi connectivity index (χ4n) is 1.79. The van der Waals surface area contributed by atoms with Gasteiger partial charge in [-0.25, -0.2) is 0 Å². The standard InChI is InChI=1S/C13H19N5O/c1-3-17-10-12(9-15-17)13(19)14-6-4-7-18-8-5-11(2)16-18/h5,8-10H,3-4,6-7H2,1-2H3,(H,14,19). The van der Waals surface area contributed by atoms with E-state index in [0.29, 0.717) is 12.1 Å². The second-order valence-corrected chi connectivity index (χ2v) is 4.41. The van der Waals surface area contributed by atoms with Crippen molar-refractivity contribution in [3.8, 4) is 0 Å². The van der Waals surface area contributed by atoms with Crippen LogP contribution in [0.25, 0.3) is 0 Å². The summed E-state index contributed by atoms with van der Waals surface area (Å²) in [6, 6.07) is 1.97. The maximum absolute atomic E-state index is 11.8. The van der Waals surface area contributed by atoms with Gasteiger partial charge in [0.05, 0.1) is 17.5 Å². The molecule has 0 atom stereocenters. The van der Waals surface area contributed by atoms with Crippen LogP contribution in [0.2, 0.25) is 0 Å². The second-order valence-electron chi connectivity index (χ2n) is 4.41. The number of nitrogens with one attached hydrogen (secondary N) is 1. The van der Waals surface area contributed by atoms with E-state index in [9.17, 15) is 4.79 Å². The molecule has 2 aromatic heterocycles. The molecule has 1 amide bonds. The molecular formula is C13H19N5O. The minimum absolute atomic E-state index is 0.0728. The zero-order chi connectivity index (χ0) is 13.7. The monoisotopic (exact) mass is 261 g/mol. The van der Waals surface area contributed by atoms with Crippen LogP contribution < -0.4 is 5.32 Å². The van der Waals surface area contributed by atoms with Crippen molar-refractivity contribution in [1.29, 1.82) is 0 Å². The first-order valence-electron chi connectivity index (χ1n) is 6.49. The molecule has 0 aliphatic rings. The molecule has 0 bridgehead atoms. The van der Waals surface area contributed by atoms with Gasteiger partial charge in [0.15, 0.2) is 0 Å². The molecule has 0 saturated heterocycles. The number of carbonyl (C=O) groups is 1. The Labute approximate surface area is 112 Å². The Kier molecular flexibility index (Phi) is 4.33. The lowest BCUT2D eigenvalue weighted by atomic mass is 10.3. The maximum atomic E-state index is 11.8. The van der Waals surface area contributed by atoms with Crippen molar-refractivity contribution in [3.63, 3.8) is 0 Å². The summed E-state index contributed by atoms with van der Waals surface area (Å²) < 4.78 is 3.62. The van der Waals surface area contributed by atoms with Crippen LogP contribution in [-0.2, 0) is 13.1 Å². The van der Waals surface area contributed by atoms with E-state index < -0.39 is 0 Å². The molecule has 1 N–H and O–H groups in total. The average molecular weight is 261 g/mol. The van der Waals surface area contributed by atoms with Gasteiger partial charge < -0.3 is 5.32 Å². The molecule has 0 saturated carbocycles. The SMILES string of the molecule is CCn1cc(C(=O)NCCCn2ccc(C)n2)cn1. The summed E-state index contributed by atoms with van der Waals surface area (Å²) >= 11 is 0.